The molecule has 0 spiro atoms. The molecule has 460 valence electrons. The molecule has 10 heteroatoms. The molecular formula is C70H124N2O7P+. The SMILES string of the molecule is CC/C=C\C/C=C\C/C=C\C/C=C\C/C=C\CCCCCCCCCCCCCC(=O)OC(/C=C\CCCCCCCCCCCCC)C(COP(=O)(O)OCC[N+](C)(C)C)NC(=O)CCCCCC/C=C/C/C=C/C/C=C/CC. The molecule has 0 saturated carbocycles. The van der Waals surface area contributed by atoms with E-state index in [1.807, 2.05) is 33.3 Å². The van der Waals surface area contributed by atoms with Gasteiger partial charge in [-0.3, -0.25) is 18.6 Å². The maximum Gasteiger partial charge on any atom is 0.472 e. The molecular weight excluding hydrogens is 1010 g/mol. The maximum atomic E-state index is 13.5. The van der Waals surface area contributed by atoms with Gasteiger partial charge in [-0.05, 0) is 109 Å². The zero-order valence-electron chi connectivity index (χ0n) is 52.5. The van der Waals surface area contributed by atoms with Crippen molar-refractivity contribution < 1.29 is 37.3 Å². The van der Waals surface area contributed by atoms with Gasteiger partial charge in [-0.2, -0.15) is 0 Å². The van der Waals surface area contributed by atoms with Gasteiger partial charge in [-0.1, -0.05) is 259 Å². The minimum atomic E-state index is -4.46. The summed E-state index contributed by atoms with van der Waals surface area (Å²) in [7, 11) is 1.47. The Morgan fingerprint density at radius 3 is 1.20 bits per heavy atom. The number of ether oxygens (including phenoxy) is 1. The van der Waals surface area contributed by atoms with Gasteiger partial charge >= 0.3 is 13.8 Å². The smallest absolute Gasteiger partial charge is 0.456 e. The van der Waals surface area contributed by atoms with Crippen molar-refractivity contribution in [3.05, 3.63) is 109 Å². The number of carbonyl (C=O) groups is 2. The van der Waals surface area contributed by atoms with Crippen LogP contribution in [0.1, 0.15) is 271 Å². The highest BCUT2D eigenvalue weighted by Gasteiger charge is 2.30. The monoisotopic (exact) mass is 1140 g/mol. The lowest BCUT2D eigenvalue weighted by atomic mass is 10.0. The summed E-state index contributed by atoms with van der Waals surface area (Å²) >= 11 is 0. The Labute approximate surface area is 493 Å². The number of phosphoric ester groups is 1. The van der Waals surface area contributed by atoms with Crippen LogP contribution in [-0.4, -0.2) is 74.3 Å². The Morgan fingerprint density at radius 1 is 0.450 bits per heavy atom. The molecule has 0 aliphatic rings. The molecule has 0 fully saturated rings. The van der Waals surface area contributed by atoms with Gasteiger partial charge in [0, 0.05) is 12.8 Å². The number of allylic oxidation sites excluding steroid dienone is 17. The van der Waals surface area contributed by atoms with E-state index in [1.165, 1.54) is 116 Å². The van der Waals surface area contributed by atoms with Crippen molar-refractivity contribution >= 4 is 19.7 Å². The number of nitrogens with zero attached hydrogens (tertiary/aromatic N) is 1. The fraction of sp³-hybridized carbons (Fsp3) is 0.714. The lowest BCUT2D eigenvalue weighted by Gasteiger charge is -2.27. The first-order valence-corrected chi connectivity index (χ1v) is 34.2. The third kappa shape index (κ3) is 59.3. The van der Waals surface area contributed by atoms with Crippen LogP contribution in [-0.2, 0) is 27.9 Å². The van der Waals surface area contributed by atoms with E-state index in [9.17, 15) is 19.0 Å². The lowest BCUT2D eigenvalue weighted by Crippen LogP contribution is -2.47. The van der Waals surface area contributed by atoms with E-state index >= 15 is 0 Å². The molecule has 0 heterocycles. The fourth-order valence-electron chi connectivity index (χ4n) is 8.98. The lowest BCUT2D eigenvalue weighted by molar-refractivity contribution is -0.870. The minimum absolute atomic E-state index is 0.0306. The summed E-state index contributed by atoms with van der Waals surface area (Å²) in [6.07, 6.45) is 81.0. The van der Waals surface area contributed by atoms with Crippen molar-refractivity contribution in [1.29, 1.82) is 0 Å². The number of unbranched alkanes of at least 4 members (excludes halogenated alkanes) is 26. The van der Waals surface area contributed by atoms with Gasteiger partial charge in [0.2, 0.25) is 5.91 Å². The van der Waals surface area contributed by atoms with Gasteiger partial charge in [0.1, 0.15) is 19.3 Å². The molecule has 0 aromatic heterocycles. The van der Waals surface area contributed by atoms with Crippen molar-refractivity contribution in [1.82, 2.24) is 5.32 Å². The summed E-state index contributed by atoms with van der Waals surface area (Å²) in [5.41, 5.74) is 0. The Bertz CT molecular complexity index is 1740. The number of hydrogen-bond donors (Lipinski definition) is 2. The van der Waals surface area contributed by atoms with E-state index < -0.39 is 20.0 Å². The summed E-state index contributed by atoms with van der Waals surface area (Å²) in [4.78, 5) is 37.8. The predicted molar refractivity (Wildman–Crippen MR) is 346 cm³/mol. The van der Waals surface area contributed by atoms with Gasteiger partial charge in [0.05, 0.1) is 33.8 Å². The van der Waals surface area contributed by atoms with E-state index in [1.54, 1.807) is 0 Å². The Hall–Kier alpha value is -3.33. The zero-order chi connectivity index (χ0) is 58.6. The van der Waals surface area contributed by atoms with Crippen LogP contribution in [0.2, 0.25) is 0 Å². The van der Waals surface area contributed by atoms with Gasteiger partial charge < -0.3 is 19.4 Å². The highest BCUT2D eigenvalue weighted by molar-refractivity contribution is 7.47. The van der Waals surface area contributed by atoms with Crippen LogP contribution in [0.15, 0.2) is 109 Å². The number of esters is 1. The number of quaternary nitrogens is 1. The molecule has 0 aliphatic heterocycles. The standard InChI is InChI=1S/C70H123N2O7P/c1-7-10-13-16-19-22-25-28-30-31-32-33-34-35-36-37-38-39-40-41-42-45-48-51-54-57-60-63-70(74)79-68(61-58-55-52-49-46-43-27-24-21-18-15-12-9-3)67(66-78-80(75,76)77-65-64-72(4,5)6)71-69(73)62-59-56-53-50-47-44-29-26-23-20-17-14-11-8-2/h10-11,13-14,19-20,22-23,28-30,32-33,35-36,44,58,61,67-68H,7-9,12,15-18,21,24-27,31,34,37-43,45-57,59-60,62-66H2,1-6H3,(H-,71,73,75,76)/p+1/b13-10-,14-11+,22-19-,23-20+,30-28-,33-32-,36-35-,44-29+,61-58-. The van der Waals surface area contributed by atoms with Crippen molar-refractivity contribution in [3.63, 3.8) is 0 Å². The molecule has 3 unspecified atom stereocenters. The number of hydrogen-bond acceptors (Lipinski definition) is 6. The molecule has 0 rings (SSSR count). The molecule has 1 amide bonds. The Balaban J connectivity index is 5.13. The molecule has 9 nitrogen and oxygen atoms in total. The van der Waals surface area contributed by atoms with E-state index in [-0.39, 0.29) is 31.5 Å². The molecule has 2 N–H and O–H groups in total. The highest BCUT2D eigenvalue weighted by Crippen LogP contribution is 2.43. The first-order valence-electron chi connectivity index (χ1n) is 32.7. The zero-order valence-corrected chi connectivity index (χ0v) is 53.4. The first-order chi connectivity index (χ1) is 38.9. The summed E-state index contributed by atoms with van der Waals surface area (Å²) in [6.45, 7) is 6.77. The molecule has 0 radical (unpaired) electrons. The van der Waals surface area contributed by atoms with Gasteiger partial charge in [0.15, 0.2) is 0 Å². The molecule has 0 aliphatic carbocycles. The van der Waals surface area contributed by atoms with Crippen molar-refractivity contribution in [2.45, 2.75) is 283 Å². The van der Waals surface area contributed by atoms with Crippen molar-refractivity contribution in [2.75, 3.05) is 40.9 Å². The summed E-state index contributed by atoms with van der Waals surface area (Å²) in [5, 5.41) is 3.04. The molecule has 0 saturated heterocycles. The second-order valence-electron chi connectivity index (χ2n) is 22.9. The third-order valence-corrected chi connectivity index (χ3v) is 14.9. The van der Waals surface area contributed by atoms with Gasteiger partial charge in [0.25, 0.3) is 0 Å². The number of likely N-dealkylation sites (N-methyl/N-ethyl adjacent to an activating group) is 1. The Morgan fingerprint density at radius 2 is 0.800 bits per heavy atom. The van der Waals surface area contributed by atoms with Gasteiger partial charge in [-0.25, -0.2) is 4.57 Å². The maximum absolute atomic E-state index is 13.5. The number of phosphoric acid groups is 1. The number of amides is 1. The van der Waals surface area contributed by atoms with E-state index in [0.29, 0.717) is 17.4 Å². The first kappa shape index (κ1) is 76.7. The van der Waals surface area contributed by atoms with Crippen LogP contribution < -0.4 is 5.32 Å². The van der Waals surface area contributed by atoms with Crippen LogP contribution in [0.3, 0.4) is 0 Å². The summed E-state index contributed by atoms with van der Waals surface area (Å²) in [6, 6.07) is -0.867. The number of nitrogens with one attached hydrogen (secondary N) is 1. The average Bonchev–Trinajstić information content (AvgIpc) is 3.42. The summed E-state index contributed by atoms with van der Waals surface area (Å²) in [5.74, 6) is -0.537. The van der Waals surface area contributed by atoms with Crippen LogP contribution >= 0.6 is 7.82 Å². The third-order valence-electron chi connectivity index (χ3n) is 14.0. The van der Waals surface area contributed by atoms with E-state index in [4.69, 9.17) is 13.8 Å². The van der Waals surface area contributed by atoms with Crippen molar-refractivity contribution in [2.24, 2.45) is 0 Å². The topological polar surface area (TPSA) is 111 Å². The number of rotatable bonds is 58. The molecule has 0 bridgehead atoms. The summed E-state index contributed by atoms with van der Waals surface area (Å²) < 4.78 is 30.7. The van der Waals surface area contributed by atoms with Crippen LogP contribution in [0.4, 0.5) is 0 Å². The fourth-order valence-corrected chi connectivity index (χ4v) is 9.72. The van der Waals surface area contributed by atoms with Gasteiger partial charge in [-0.15, -0.1) is 0 Å². The number of carbonyl (C=O) groups excluding carboxylic acids is 2. The second kappa shape index (κ2) is 58.9. The predicted octanol–water partition coefficient (Wildman–Crippen LogP) is 20.5. The van der Waals surface area contributed by atoms with Crippen LogP contribution in [0, 0.1) is 0 Å². The normalized spacial score (nSPS) is 14.3. The second-order valence-corrected chi connectivity index (χ2v) is 24.3. The molecule has 3 atom stereocenters. The van der Waals surface area contributed by atoms with Crippen molar-refractivity contribution in [3.8, 4) is 0 Å². The van der Waals surface area contributed by atoms with E-state index in [0.717, 1.165) is 122 Å². The molecule has 0 aromatic rings. The Kier molecular flexibility index (Phi) is 56.4. The molecule has 80 heavy (non-hydrogen) atoms. The average molecular weight is 1140 g/mol. The van der Waals surface area contributed by atoms with Crippen LogP contribution in [0.5, 0.6) is 0 Å². The van der Waals surface area contributed by atoms with Crippen LogP contribution in [0.25, 0.3) is 0 Å². The minimum Gasteiger partial charge on any atom is -0.456 e. The highest BCUT2D eigenvalue weighted by atomic mass is 31.2. The largest absolute Gasteiger partial charge is 0.472 e. The molecule has 0 aromatic carbocycles. The van der Waals surface area contributed by atoms with E-state index in [2.05, 4.69) is 123 Å². The quantitative estimate of drug-likeness (QED) is 0.0205.